The molecule has 0 spiro atoms. The highest BCUT2D eigenvalue weighted by molar-refractivity contribution is 5.96. The maximum Gasteiger partial charge on any atom is 0.245 e. The van der Waals surface area contributed by atoms with Crippen molar-refractivity contribution in [1.82, 2.24) is 9.80 Å². The third kappa shape index (κ3) is 7.76. The molecule has 0 bridgehead atoms. The summed E-state index contributed by atoms with van der Waals surface area (Å²) in [5.74, 6) is 0.133. The molecule has 3 unspecified atom stereocenters. The lowest BCUT2D eigenvalue weighted by molar-refractivity contribution is -0.160. The van der Waals surface area contributed by atoms with E-state index in [1.807, 2.05) is 27.7 Å². The number of carbonyl (C=O) groups excluding carboxylic acids is 2. The molecule has 0 aromatic heterocycles. The van der Waals surface area contributed by atoms with Crippen LogP contribution in [-0.4, -0.2) is 58.0 Å². The molecule has 1 fully saturated rings. The molecule has 2 amide bonds. The highest BCUT2D eigenvalue weighted by atomic mass is 16.3. The van der Waals surface area contributed by atoms with E-state index in [9.17, 15) is 14.7 Å². The van der Waals surface area contributed by atoms with Crippen LogP contribution in [0.25, 0.3) is 0 Å². The molecule has 3 atom stereocenters. The van der Waals surface area contributed by atoms with E-state index in [2.05, 4.69) is 6.92 Å². The van der Waals surface area contributed by atoms with E-state index in [0.717, 1.165) is 32.1 Å². The van der Waals surface area contributed by atoms with E-state index in [4.69, 9.17) is 0 Å². The van der Waals surface area contributed by atoms with Crippen LogP contribution in [0.3, 0.4) is 0 Å². The van der Waals surface area contributed by atoms with Gasteiger partial charge in [0.05, 0.1) is 6.10 Å². The second-order valence-electron chi connectivity index (χ2n) is 6.82. The van der Waals surface area contributed by atoms with Gasteiger partial charge in [-0.2, -0.15) is 0 Å². The zero-order chi connectivity index (χ0) is 19.4. The van der Waals surface area contributed by atoms with Crippen molar-refractivity contribution in [3.05, 3.63) is 0 Å². The summed E-state index contributed by atoms with van der Waals surface area (Å²) in [7, 11) is 0. The molecule has 1 saturated heterocycles. The van der Waals surface area contributed by atoms with Crippen LogP contribution in [0.5, 0.6) is 0 Å². The predicted molar refractivity (Wildman–Crippen MR) is 103 cm³/mol. The normalized spacial score (nSPS) is 21.9. The fourth-order valence-electron chi connectivity index (χ4n) is 3.17. The van der Waals surface area contributed by atoms with Gasteiger partial charge in [-0.05, 0) is 46.5 Å². The van der Waals surface area contributed by atoms with Gasteiger partial charge in [-0.3, -0.25) is 9.59 Å². The first-order valence-electron chi connectivity index (χ1n) is 10.2. The van der Waals surface area contributed by atoms with Crippen LogP contribution in [0, 0.1) is 0 Å². The second-order valence-corrected chi connectivity index (χ2v) is 6.82. The van der Waals surface area contributed by atoms with Gasteiger partial charge in [0, 0.05) is 13.1 Å². The molecule has 1 N–H and O–H groups in total. The molecule has 25 heavy (non-hydrogen) atoms. The molecule has 1 heterocycles. The molecular weight excluding hydrogens is 316 g/mol. The Morgan fingerprint density at radius 3 is 1.72 bits per heavy atom. The highest BCUT2D eigenvalue weighted by Crippen LogP contribution is 2.20. The average Bonchev–Trinajstić information content (AvgIpc) is 2.60. The van der Waals surface area contributed by atoms with E-state index in [1.165, 1.54) is 12.8 Å². The summed E-state index contributed by atoms with van der Waals surface area (Å²) in [5, 5.41) is 9.29. The van der Waals surface area contributed by atoms with Crippen molar-refractivity contribution < 1.29 is 14.7 Å². The van der Waals surface area contributed by atoms with E-state index in [-0.39, 0.29) is 30.0 Å². The van der Waals surface area contributed by atoms with Crippen LogP contribution in [-0.2, 0) is 9.59 Å². The maximum atomic E-state index is 12.6. The number of aliphatic hydroxyl groups excluding tert-OH is 1. The van der Waals surface area contributed by atoms with E-state index in [1.54, 1.807) is 16.7 Å². The summed E-state index contributed by atoms with van der Waals surface area (Å²) < 4.78 is 0. The molecule has 1 rings (SSSR count). The number of nitrogens with zero attached hydrogens (tertiary/aromatic N) is 2. The topological polar surface area (TPSA) is 60.9 Å². The fraction of sp³-hybridized carbons (Fsp3) is 0.900. The van der Waals surface area contributed by atoms with Gasteiger partial charge in [-0.1, -0.05) is 40.0 Å². The lowest BCUT2D eigenvalue weighted by Crippen LogP contribution is -2.63. The van der Waals surface area contributed by atoms with Crippen LogP contribution < -0.4 is 0 Å². The van der Waals surface area contributed by atoms with Crippen molar-refractivity contribution in [3.8, 4) is 0 Å². The molecule has 0 radical (unpaired) electrons. The van der Waals surface area contributed by atoms with Crippen LogP contribution >= 0.6 is 0 Å². The molecule has 1 aliphatic rings. The van der Waals surface area contributed by atoms with E-state index in [0.29, 0.717) is 13.1 Å². The second kappa shape index (κ2) is 13.2. The first-order chi connectivity index (χ1) is 11.9. The molecule has 148 valence electrons. The minimum atomic E-state index is -0.364. The Hall–Kier alpha value is -1.10. The minimum Gasteiger partial charge on any atom is -0.393 e. The molecule has 0 saturated carbocycles. The summed E-state index contributed by atoms with van der Waals surface area (Å²) in [6, 6.07) is -0.714. The van der Waals surface area contributed by atoms with Crippen molar-refractivity contribution >= 4 is 11.8 Å². The van der Waals surface area contributed by atoms with Gasteiger partial charge in [0.2, 0.25) is 11.8 Å². The zero-order valence-electron chi connectivity index (χ0n) is 17.3. The first-order valence-corrected chi connectivity index (χ1v) is 10.2. The van der Waals surface area contributed by atoms with Gasteiger partial charge in [0.15, 0.2) is 0 Å². The van der Waals surface area contributed by atoms with Gasteiger partial charge in [-0.25, -0.2) is 0 Å². The standard InChI is InChI=1S/C18H34N2O3.C2H6/c1-5-6-7-9-12-19-15(3)18(23)20(16(4)17(19)22)13-10-8-11-14(2)21;1-2/h14-16,21H,5-13H2,1-4H3;1-2H3. The lowest BCUT2D eigenvalue weighted by atomic mass is 10.0. The fourth-order valence-corrected chi connectivity index (χ4v) is 3.17. The molecule has 0 aliphatic carbocycles. The van der Waals surface area contributed by atoms with Crippen molar-refractivity contribution in [2.24, 2.45) is 0 Å². The third-order valence-electron chi connectivity index (χ3n) is 4.74. The monoisotopic (exact) mass is 356 g/mol. The average molecular weight is 357 g/mol. The van der Waals surface area contributed by atoms with E-state index < -0.39 is 0 Å². The van der Waals surface area contributed by atoms with E-state index >= 15 is 0 Å². The largest absolute Gasteiger partial charge is 0.393 e. The van der Waals surface area contributed by atoms with Crippen LogP contribution in [0.2, 0.25) is 0 Å². The SMILES string of the molecule is CC.CCCCCCN1C(=O)C(C)N(CCCCC(C)O)C(=O)C1C. The van der Waals surface area contributed by atoms with Gasteiger partial charge in [0.1, 0.15) is 12.1 Å². The Balaban J connectivity index is 0.00000277. The number of rotatable bonds is 10. The number of amides is 2. The number of unbranched alkanes of at least 4 members (excludes halogenated alkanes) is 4. The summed E-state index contributed by atoms with van der Waals surface area (Å²) in [4.78, 5) is 28.7. The number of piperazine rings is 1. The lowest BCUT2D eigenvalue weighted by Gasteiger charge is -2.43. The molecule has 0 aromatic carbocycles. The van der Waals surface area contributed by atoms with Crippen molar-refractivity contribution in [3.63, 3.8) is 0 Å². The van der Waals surface area contributed by atoms with Crippen molar-refractivity contribution in [1.29, 1.82) is 0 Å². The summed E-state index contributed by atoms with van der Waals surface area (Å²) in [6.07, 6.45) is 6.56. The Kier molecular flexibility index (Phi) is 12.6. The first kappa shape index (κ1) is 23.9. The highest BCUT2D eigenvalue weighted by Gasteiger charge is 2.40. The number of carbonyl (C=O) groups is 2. The molecule has 0 aromatic rings. The van der Waals surface area contributed by atoms with Gasteiger partial charge in [-0.15, -0.1) is 0 Å². The predicted octanol–water partition coefficient (Wildman–Crippen LogP) is 3.59. The smallest absolute Gasteiger partial charge is 0.245 e. The summed E-state index contributed by atoms with van der Waals surface area (Å²) >= 11 is 0. The van der Waals surface area contributed by atoms with Crippen molar-refractivity contribution in [2.45, 2.75) is 105 Å². The third-order valence-corrected chi connectivity index (χ3v) is 4.74. The van der Waals surface area contributed by atoms with Crippen LogP contribution in [0.4, 0.5) is 0 Å². The van der Waals surface area contributed by atoms with Crippen LogP contribution in [0.15, 0.2) is 0 Å². The molecule has 5 nitrogen and oxygen atoms in total. The Labute approximate surface area is 154 Å². The Bertz CT molecular complexity index is 385. The van der Waals surface area contributed by atoms with Gasteiger partial charge in [0.25, 0.3) is 0 Å². The number of aliphatic hydroxyl groups is 1. The van der Waals surface area contributed by atoms with Gasteiger partial charge >= 0.3 is 0 Å². The molecule has 5 heteroatoms. The van der Waals surface area contributed by atoms with Crippen molar-refractivity contribution in [2.75, 3.05) is 13.1 Å². The maximum absolute atomic E-state index is 12.6. The van der Waals surface area contributed by atoms with Gasteiger partial charge < -0.3 is 14.9 Å². The van der Waals surface area contributed by atoms with Crippen LogP contribution in [0.1, 0.15) is 86.5 Å². The summed E-state index contributed by atoms with van der Waals surface area (Å²) in [5.41, 5.74) is 0. The molecular formula is C20H40N2O3. The quantitative estimate of drug-likeness (QED) is 0.609. The number of hydrogen-bond donors (Lipinski definition) is 1. The minimum absolute atomic E-state index is 0.0599. The Morgan fingerprint density at radius 1 is 0.880 bits per heavy atom. The number of hydrogen-bond acceptors (Lipinski definition) is 3. The zero-order valence-corrected chi connectivity index (χ0v) is 17.3. The Morgan fingerprint density at radius 2 is 1.32 bits per heavy atom. The molecule has 1 aliphatic heterocycles. The summed E-state index contributed by atoms with van der Waals surface area (Å²) in [6.45, 7) is 12.9.